The third-order valence-corrected chi connectivity index (χ3v) is 5.82. The van der Waals surface area contributed by atoms with E-state index in [-0.39, 0.29) is 30.0 Å². The Morgan fingerprint density at radius 2 is 1.96 bits per heavy atom. The van der Waals surface area contributed by atoms with Gasteiger partial charge in [-0.25, -0.2) is 4.79 Å². The first-order valence-electron chi connectivity index (χ1n) is 8.57. The van der Waals surface area contributed by atoms with E-state index in [1.54, 1.807) is 4.57 Å². The van der Waals surface area contributed by atoms with Gasteiger partial charge in [0, 0.05) is 11.3 Å². The highest BCUT2D eigenvalue weighted by atomic mass is 32.1. The van der Waals surface area contributed by atoms with Crippen LogP contribution in [0.1, 0.15) is 24.3 Å². The van der Waals surface area contributed by atoms with Crippen molar-refractivity contribution in [2.24, 2.45) is 0 Å². The highest BCUT2D eigenvalue weighted by Gasteiger charge is 2.31. The summed E-state index contributed by atoms with van der Waals surface area (Å²) in [4.78, 5) is 28.8. The van der Waals surface area contributed by atoms with Crippen molar-refractivity contribution in [2.45, 2.75) is 45.6 Å². The van der Waals surface area contributed by atoms with E-state index < -0.39 is 0 Å². The molecule has 3 rings (SSSR count). The average molecular weight is 368 g/mol. The summed E-state index contributed by atoms with van der Waals surface area (Å²) >= 11 is 1.49. The molecular weight excluding hydrogens is 342 g/mol. The summed E-state index contributed by atoms with van der Waals surface area (Å²) in [6.07, 6.45) is 0.647. The van der Waals surface area contributed by atoms with E-state index in [9.17, 15) is 14.7 Å². The Labute approximate surface area is 150 Å². The van der Waals surface area contributed by atoms with Crippen molar-refractivity contribution in [1.29, 1.82) is 0 Å². The van der Waals surface area contributed by atoms with Gasteiger partial charge in [0.15, 0.2) is 0 Å². The molecule has 8 heteroatoms. The molecule has 0 aliphatic carbocycles. The average Bonchev–Trinajstić information content (AvgIpc) is 2.88. The maximum absolute atomic E-state index is 13.0. The number of nitrogens with zero attached hydrogens (tertiary/aromatic N) is 2. The van der Waals surface area contributed by atoms with Crippen LogP contribution in [0, 0.1) is 0 Å². The summed E-state index contributed by atoms with van der Waals surface area (Å²) in [6, 6.07) is 0. The lowest BCUT2D eigenvalue weighted by molar-refractivity contribution is -0.858. The van der Waals surface area contributed by atoms with Crippen LogP contribution in [0.2, 0.25) is 0 Å². The molecule has 0 bridgehead atoms. The van der Waals surface area contributed by atoms with Gasteiger partial charge in [-0.05, 0) is 19.4 Å². The second-order valence-corrected chi connectivity index (χ2v) is 8.56. The number of hydrogen-bond donors (Lipinski definition) is 2. The molecule has 2 aromatic heterocycles. The normalized spacial score (nSPS) is 16.6. The molecule has 7 nitrogen and oxygen atoms in total. The SMILES string of the molecule is C[NH+](C)CCn1c(=O)n(CCO)c(=O)c2c3c(sc21)COC(C)(C)C3. The zero-order valence-electron chi connectivity index (χ0n) is 15.2. The molecule has 0 amide bonds. The Balaban J connectivity index is 2.29. The Morgan fingerprint density at radius 3 is 2.60 bits per heavy atom. The van der Waals surface area contributed by atoms with Crippen LogP contribution in [0.25, 0.3) is 10.2 Å². The lowest BCUT2D eigenvalue weighted by atomic mass is 9.94. The number of rotatable bonds is 5. The standard InChI is InChI=1S/C17H25N3O4S/c1-17(2)9-11-12(10-24-17)25-15-13(11)14(22)19(7-8-21)16(23)20(15)6-5-18(3)4/h21H,5-10H2,1-4H3/p+1. The molecule has 0 saturated carbocycles. The van der Waals surface area contributed by atoms with E-state index in [2.05, 4.69) is 0 Å². The highest BCUT2D eigenvalue weighted by Crippen LogP contribution is 2.37. The van der Waals surface area contributed by atoms with Gasteiger partial charge in [-0.1, -0.05) is 0 Å². The summed E-state index contributed by atoms with van der Waals surface area (Å²) in [5.41, 5.74) is 0.0347. The summed E-state index contributed by atoms with van der Waals surface area (Å²) in [5.74, 6) is 0. The smallest absolute Gasteiger partial charge is 0.332 e. The third-order valence-electron chi connectivity index (χ3n) is 4.59. The van der Waals surface area contributed by atoms with Crippen molar-refractivity contribution < 1.29 is 14.7 Å². The van der Waals surface area contributed by atoms with Crippen LogP contribution in [0.4, 0.5) is 0 Å². The molecule has 0 unspecified atom stereocenters. The number of quaternary nitrogens is 1. The van der Waals surface area contributed by atoms with Crippen LogP contribution in [0.3, 0.4) is 0 Å². The van der Waals surface area contributed by atoms with Gasteiger partial charge < -0.3 is 14.7 Å². The molecule has 2 aromatic rings. The van der Waals surface area contributed by atoms with Gasteiger partial charge in [0.25, 0.3) is 5.56 Å². The maximum atomic E-state index is 13.0. The topological polar surface area (TPSA) is 77.9 Å². The molecule has 138 valence electrons. The zero-order chi connectivity index (χ0) is 18.4. The van der Waals surface area contributed by atoms with Crippen molar-refractivity contribution in [3.05, 3.63) is 31.3 Å². The molecule has 1 aliphatic rings. The molecule has 0 aromatic carbocycles. The molecule has 0 spiro atoms. The first kappa shape index (κ1) is 18.3. The molecule has 0 atom stereocenters. The number of aromatic nitrogens is 2. The van der Waals surface area contributed by atoms with E-state index in [4.69, 9.17) is 4.74 Å². The first-order valence-corrected chi connectivity index (χ1v) is 9.38. The van der Waals surface area contributed by atoms with Gasteiger partial charge in [0.1, 0.15) is 4.83 Å². The van der Waals surface area contributed by atoms with Gasteiger partial charge in [0.05, 0.1) is 57.9 Å². The second-order valence-electron chi connectivity index (χ2n) is 7.48. The van der Waals surface area contributed by atoms with Crippen LogP contribution in [-0.2, 0) is 30.9 Å². The van der Waals surface area contributed by atoms with Gasteiger partial charge >= 0.3 is 5.69 Å². The Kier molecular flexibility index (Phi) is 4.89. The third kappa shape index (κ3) is 3.31. The summed E-state index contributed by atoms with van der Waals surface area (Å²) in [5, 5.41) is 9.92. The summed E-state index contributed by atoms with van der Waals surface area (Å²) < 4.78 is 8.74. The Morgan fingerprint density at radius 1 is 1.24 bits per heavy atom. The van der Waals surface area contributed by atoms with Crippen LogP contribution < -0.4 is 16.1 Å². The first-order chi connectivity index (χ1) is 11.7. The van der Waals surface area contributed by atoms with Crippen molar-refractivity contribution >= 4 is 21.6 Å². The predicted octanol–water partition coefficient (Wildman–Crippen LogP) is -0.787. The van der Waals surface area contributed by atoms with Gasteiger partial charge in [0.2, 0.25) is 0 Å². The fraction of sp³-hybridized carbons (Fsp3) is 0.647. The maximum Gasteiger partial charge on any atom is 0.332 e. The van der Waals surface area contributed by atoms with E-state index in [0.717, 1.165) is 21.8 Å². The number of aliphatic hydroxyl groups is 1. The number of nitrogens with one attached hydrogen (secondary N) is 1. The van der Waals surface area contributed by atoms with E-state index >= 15 is 0 Å². The Hall–Kier alpha value is -1.48. The molecule has 0 fully saturated rings. The van der Waals surface area contributed by atoms with Crippen LogP contribution in [0.5, 0.6) is 0 Å². The number of fused-ring (bicyclic) bond motifs is 3. The minimum atomic E-state index is -0.341. The molecule has 0 saturated heterocycles. The van der Waals surface area contributed by atoms with Crippen molar-refractivity contribution in [2.75, 3.05) is 27.2 Å². The molecular formula is C17H26N3O4S+. The number of hydrogen-bond acceptors (Lipinski definition) is 5. The number of likely N-dealkylation sites (N-methyl/N-ethyl adjacent to an activating group) is 1. The van der Waals surface area contributed by atoms with Gasteiger partial charge in [-0.15, -0.1) is 11.3 Å². The largest absolute Gasteiger partial charge is 0.395 e. The lowest BCUT2D eigenvalue weighted by Gasteiger charge is -2.29. The number of aliphatic hydroxyl groups excluding tert-OH is 1. The van der Waals surface area contributed by atoms with Crippen molar-refractivity contribution in [3.8, 4) is 0 Å². The number of thiophene rings is 1. The molecule has 3 heterocycles. The number of ether oxygens (including phenoxy) is 1. The van der Waals surface area contributed by atoms with Gasteiger partial charge in [-0.2, -0.15) is 0 Å². The predicted molar refractivity (Wildman–Crippen MR) is 97.7 cm³/mol. The monoisotopic (exact) mass is 368 g/mol. The van der Waals surface area contributed by atoms with E-state index in [0.29, 0.717) is 25.0 Å². The quantitative estimate of drug-likeness (QED) is 0.725. The fourth-order valence-electron chi connectivity index (χ4n) is 3.23. The molecule has 2 N–H and O–H groups in total. The summed E-state index contributed by atoms with van der Waals surface area (Å²) in [7, 11) is 4.06. The van der Waals surface area contributed by atoms with Crippen molar-refractivity contribution in [3.63, 3.8) is 0 Å². The molecule has 0 radical (unpaired) electrons. The van der Waals surface area contributed by atoms with Gasteiger partial charge in [-0.3, -0.25) is 13.9 Å². The Bertz CT molecular complexity index is 907. The second kappa shape index (κ2) is 6.68. The minimum Gasteiger partial charge on any atom is -0.395 e. The highest BCUT2D eigenvalue weighted by molar-refractivity contribution is 7.18. The van der Waals surface area contributed by atoms with E-state index in [1.807, 2.05) is 27.9 Å². The fourth-order valence-corrected chi connectivity index (χ4v) is 4.47. The zero-order valence-corrected chi connectivity index (χ0v) is 16.0. The van der Waals surface area contributed by atoms with Crippen molar-refractivity contribution in [1.82, 2.24) is 9.13 Å². The minimum absolute atomic E-state index is 0.0208. The lowest BCUT2D eigenvalue weighted by Crippen LogP contribution is -3.06. The van der Waals surface area contributed by atoms with E-state index in [1.165, 1.54) is 20.8 Å². The molecule has 25 heavy (non-hydrogen) atoms. The summed E-state index contributed by atoms with van der Waals surface area (Å²) in [6.45, 7) is 5.58. The van der Waals surface area contributed by atoms with Crippen LogP contribution >= 0.6 is 11.3 Å². The molecule has 1 aliphatic heterocycles. The van der Waals surface area contributed by atoms with Crippen LogP contribution in [-0.4, -0.2) is 47.1 Å². The van der Waals surface area contributed by atoms with Crippen LogP contribution in [0.15, 0.2) is 9.59 Å².